The predicted molar refractivity (Wildman–Crippen MR) is 80.6 cm³/mol. The molecular weight excluding hydrogens is 252 g/mol. The van der Waals surface area contributed by atoms with Crippen LogP contribution in [0.3, 0.4) is 0 Å². The Kier molecular flexibility index (Phi) is 5.18. The highest BCUT2D eigenvalue weighted by atomic mass is 16.3. The van der Waals surface area contributed by atoms with Gasteiger partial charge in [0.05, 0.1) is 17.8 Å². The van der Waals surface area contributed by atoms with Crippen molar-refractivity contribution in [3.63, 3.8) is 0 Å². The molecule has 1 aliphatic heterocycles. The molecule has 1 aromatic rings. The van der Waals surface area contributed by atoms with Gasteiger partial charge in [-0.1, -0.05) is 0 Å². The quantitative estimate of drug-likeness (QED) is 0.822. The van der Waals surface area contributed by atoms with E-state index in [0.717, 1.165) is 31.7 Å². The third-order valence-electron chi connectivity index (χ3n) is 3.70. The van der Waals surface area contributed by atoms with Crippen molar-refractivity contribution in [2.45, 2.75) is 51.8 Å². The summed E-state index contributed by atoms with van der Waals surface area (Å²) in [7, 11) is 0. The molecule has 0 saturated carbocycles. The van der Waals surface area contributed by atoms with Crippen LogP contribution < -0.4 is 5.32 Å². The average molecular weight is 280 g/mol. The lowest BCUT2D eigenvalue weighted by atomic mass is 10.1. The van der Waals surface area contributed by atoms with Crippen LogP contribution >= 0.6 is 0 Å². The number of rotatable bonds is 6. The Morgan fingerprint density at radius 2 is 2.05 bits per heavy atom. The number of hydrogen-bond acceptors (Lipinski definition) is 4. The Morgan fingerprint density at radius 3 is 2.65 bits per heavy atom. The van der Waals surface area contributed by atoms with Crippen LogP contribution in [0.5, 0.6) is 0 Å². The molecule has 0 aromatic carbocycles. The van der Waals surface area contributed by atoms with Crippen molar-refractivity contribution in [1.82, 2.24) is 20.0 Å². The average Bonchev–Trinajstić information content (AvgIpc) is 2.98. The van der Waals surface area contributed by atoms with Crippen molar-refractivity contribution in [2.75, 3.05) is 26.2 Å². The van der Waals surface area contributed by atoms with Gasteiger partial charge in [0.2, 0.25) is 0 Å². The van der Waals surface area contributed by atoms with Gasteiger partial charge in [0.1, 0.15) is 0 Å². The number of nitrogens with one attached hydrogen (secondary N) is 1. The van der Waals surface area contributed by atoms with Crippen molar-refractivity contribution < 1.29 is 5.11 Å². The molecule has 5 nitrogen and oxygen atoms in total. The topological polar surface area (TPSA) is 53.3 Å². The van der Waals surface area contributed by atoms with Gasteiger partial charge in [-0.15, -0.1) is 0 Å². The standard InChI is InChI=1S/C15H28N4O/c1-15(2,3)19-11-13(9-17-19)8-16-10-14(20)12-18-6-4-5-7-18/h9,11,14,16,20H,4-8,10,12H2,1-3H3. The van der Waals surface area contributed by atoms with Crippen molar-refractivity contribution in [3.8, 4) is 0 Å². The molecule has 1 unspecified atom stereocenters. The van der Waals surface area contributed by atoms with E-state index in [-0.39, 0.29) is 11.6 Å². The van der Waals surface area contributed by atoms with E-state index in [4.69, 9.17) is 0 Å². The summed E-state index contributed by atoms with van der Waals surface area (Å²) in [5, 5.41) is 17.7. The molecule has 0 aliphatic carbocycles. The minimum absolute atomic E-state index is 0.0213. The van der Waals surface area contributed by atoms with Gasteiger partial charge in [-0.25, -0.2) is 0 Å². The molecule has 20 heavy (non-hydrogen) atoms. The summed E-state index contributed by atoms with van der Waals surface area (Å²) >= 11 is 0. The van der Waals surface area contributed by atoms with E-state index in [9.17, 15) is 5.11 Å². The minimum atomic E-state index is -0.286. The van der Waals surface area contributed by atoms with E-state index in [0.29, 0.717) is 6.54 Å². The maximum absolute atomic E-state index is 10.00. The summed E-state index contributed by atoms with van der Waals surface area (Å²) in [5.74, 6) is 0. The van der Waals surface area contributed by atoms with Crippen molar-refractivity contribution in [3.05, 3.63) is 18.0 Å². The van der Waals surface area contributed by atoms with E-state index in [1.165, 1.54) is 12.8 Å². The molecule has 0 amide bonds. The number of aliphatic hydroxyl groups excluding tert-OH is 1. The molecule has 1 saturated heterocycles. The van der Waals surface area contributed by atoms with Crippen LogP contribution in [0.15, 0.2) is 12.4 Å². The Labute approximate surface area is 122 Å². The molecule has 0 bridgehead atoms. The van der Waals surface area contributed by atoms with Crippen LogP contribution in [-0.4, -0.2) is 52.1 Å². The van der Waals surface area contributed by atoms with E-state index in [2.05, 4.69) is 42.3 Å². The van der Waals surface area contributed by atoms with Crippen LogP contribution in [0.1, 0.15) is 39.2 Å². The van der Waals surface area contributed by atoms with Gasteiger partial charge in [-0.2, -0.15) is 5.10 Å². The highest BCUT2D eigenvalue weighted by Gasteiger charge is 2.16. The van der Waals surface area contributed by atoms with Crippen LogP contribution in [0, 0.1) is 0 Å². The van der Waals surface area contributed by atoms with Gasteiger partial charge in [-0.05, 0) is 46.7 Å². The molecule has 1 atom stereocenters. The zero-order valence-corrected chi connectivity index (χ0v) is 13.0. The van der Waals surface area contributed by atoms with Crippen LogP contribution in [0.4, 0.5) is 0 Å². The zero-order valence-electron chi connectivity index (χ0n) is 13.0. The van der Waals surface area contributed by atoms with E-state index in [1.54, 1.807) is 0 Å². The third-order valence-corrected chi connectivity index (χ3v) is 3.70. The fraction of sp³-hybridized carbons (Fsp3) is 0.800. The first kappa shape index (κ1) is 15.5. The first-order valence-corrected chi connectivity index (χ1v) is 7.60. The second-order valence-corrected chi connectivity index (χ2v) is 6.76. The smallest absolute Gasteiger partial charge is 0.0791 e. The second-order valence-electron chi connectivity index (χ2n) is 6.76. The minimum Gasteiger partial charge on any atom is -0.390 e. The van der Waals surface area contributed by atoms with Gasteiger partial charge in [0.25, 0.3) is 0 Å². The Balaban J connectivity index is 1.68. The van der Waals surface area contributed by atoms with Crippen molar-refractivity contribution in [1.29, 1.82) is 0 Å². The van der Waals surface area contributed by atoms with E-state index in [1.807, 2.05) is 10.9 Å². The lowest BCUT2D eigenvalue weighted by Crippen LogP contribution is -2.36. The van der Waals surface area contributed by atoms with E-state index < -0.39 is 0 Å². The third kappa shape index (κ3) is 4.58. The van der Waals surface area contributed by atoms with Gasteiger partial charge in [-0.3, -0.25) is 4.68 Å². The van der Waals surface area contributed by atoms with Crippen molar-refractivity contribution in [2.24, 2.45) is 0 Å². The molecule has 5 heteroatoms. The van der Waals surface area contributed by atoms with Crippen LogP contribution in [0.2, 0.25) is 0 Å². The summed E-state index contributed by atoms with van der Waals surface area (Å²) in [6.07, 6.45) is 6.22. The highest BCUT2D eigenvalue weighted by molar-refractivity contribution is 5.04. The van der Waals surface area contributed by atoms with E-state index >= 15 is 0 Å². The number of aliphatic hydroxyl groups is 1. The summed E-state index contributed by atoms with van der Waals surface area (Å²) in [5.41, 5.74) is 1.18. The molecule has 0 radical (unpaired) electrons. The normalized spacial score (nSPS) is 18.6. The first-order valence-electron chi connectivity index (χ1n) is 7.60. The monoisotopic (exact) mass is 280 g/mol. The van der Waals surface area contributed by atoms with Gasteiger partial charge in [0, 0.05) is 31.4 Å². The molecular formula is C15H28N4O. The molecule has 2 rings (SSSR count). The summed E-state index contributed by atoms with van der Waals surface area (Å²) in [4.78, 5) is 2.34. The molecule has 1 aromatic heterocycles. The molecule has 1 aliphatic rings. The molecule has 2 heterocycles. The maximum Gasteiger partial charge on any atom is 0.0791 e. The lowest BCUT2D eigenvalue weighted by molar-refractivity contribution is 0.123. The SMILES string of the molecule is CC(C)(C)n1cc(CNCC(O)CN2CCCC2)cn1. The van der Waals surface area contributed by atoms with Gasteiger partial charge < -0.3 is 15.3 Å². The van der Waals surface area contributed by atoms with Gasteiger partial charge >= 0.3 is 0 Å². The summed E-state index contributed by atoms with van der Waals surface area (Å²) in [6.45, 7) is 10.9. The summed E-state index contributed by atoms with van der Waals surface area (Å²) in [6, 6.07) is 0. The Morgan fingerprint density at radius 1 is 1.35 bits per heavy atom. The van der Waals surface area contributed by atoms with Crippen LogP contribution in [-0.2, 0) is 12.1 Å². The summed E-state index contributed by atoms with van der Waals surface area (Å²) < 4.78 is 1.98. The highest BCUT2D eigenvalue weighted by Crippen LogP contribution is 2.13. The fourth-order valence-corrected chi connectivity index (χ4v) is 2.53. The second kappa shape index (κ2) is 6.70. The number of likely N-dealkylation sites (tertiary alicyclic amines) is 1. The Hall–Kier alpha value is -0.910. The number of hydrogen-bond donors (Lipinski definition) is 2. The lowest BCUT2D eigenvalue weighted by Gasteiger charge is -2.19. The molecule has 1 fully saturated rings. The molecule has 0 spiro atoms. The number of nitrogens with zero attached hydrogens (tertiary/aromatic N) is 3. The van der Waals surface area contributed by atoms with Gasteiger partial charge in [0.15, 0.2) is 0 Å². The zero-order chi connectivity index (χ0) is 14.6. The van der Waals surface area contributed by atoms with Crippen molar-refractivity contribution >= 4 is 0 Å². The Bertz CT molecular complexity index is 404. The van der Waals surface area contributed by atoms with Crippen LogP contribution in [0.25, 0.3) is 0 Å². The molecule has 2 N–H and O–H groups in total. The molecule has 114 valence electrons. The fourth-order valence-electron chi connectivity index (χ4n) is 2.53. The number of β-amino-alcohol motifs (C(OH)–C–C–N with tert-alkyl or cyclic N) is 1. The largest absolute Gasteiger partial charge is 0.390 e. The maximum atomic E-state index is 10.00. The predicted octanol–water partition coefficient (Wildman–Crippen LogP) is 1.18. The first-order chi connectivity index (χ1) is 9.45. The number of aromatic nitrogens is 2.